The lowest BCUT2D eigenvalue weighted by atomic mass is 9.84. The van der Waals surface area contributed by atoms with E-state index in [9.17, 15) is 4.79 Å². The number of carbonyl (C=O) groups is 1. The minimum Gasteiger partial charge on any atom is -0.468 e. The molecule has 1 rings (SSSR count). The van der Waals surface area contributed by atoms with E-state index in [1.165, 1.54) is 33.0 Å². The number of piperidine rings is 1. The van der Waals surface area contributed by atoms with Crippen LogP contribution in [0.3, 0.4) is 0 Å². The van der Waals surface area contributed by atoms with E-state index >= 15 is 0 Å². The Kier molecular flexibility index (Phi) is 6.67. The average Bonchev–Trinajstić information content (AvgIpc) is 2.35. The molecule has 4 heteroatoms. The van der Waals surface area contributed by atoms with Gasteiger partial charge in [0.05, 0.1) is 7.11 Å². The van der Waals surface area contributed by atoms with Gasteiger partial charge >= 0.3 is 5.97 Å². The first kappa shape index (κ1) is 18.4. The molecule has 1 heterocycles. The molecule has 0 radical (unpaired) electrons. The van der Waals surface area contributed by atoms with E-state index in [0.717, 1.165) is 19.4 Å². The molecule has 0 aliphatic carbocycles. The van der Waals surface area contributed by atoms with Gasteiger partial charge in [-0.05, 0) is 65.0 Å². The highest BCUT2D eigenvalue weighted by Gasteiger charge is 2.34. The van der Waals surface area contributed by atoms with Gasteiger partial charge in [-0.3, -0.25) is 10.1 Å². The molecule has 124 valence electrons. The maximum Gasteiger partial charge on any atom is 0.325 e. The van der Waals surface area contributed by atoms with Crippen LogP contribution in [0.2, 0.25) is 0 Å². The average molecular weight is 298 g/mol. The molecule has 1 aliphatic rings. The standard InChI is InChI=1S/C17H34N2O2/c1-14(2)18-17(5,15(20)21-6)10-8-12-19-11-7-9-16(3,4)13-19/h14,18H,7-13H2,1-6H3. The Morgan fingerprint density at radius 1 is 1.43 bits per heavy atom. The third-order valence-corrected chi connectivity index (χ3v) is 4.37. The third-order valence-electron chi connectivity index (χ3n) is 4.37. The van der Waals surface area contributed by atoms with Crippen molar-refractivity contribution < 1.29 is 9.53 Å². The van der Waals surface area contributed by atoms with Gasteiger partial charge < -0.3 is 9.64 Å². The van der Waals surface area contributed by atoms with E-state index in [0.29, 0.717) is 5.41 Å². The Labute approximate surface area is 130 Å². The fourth-order valence-electron chi connectivity index (χ4n) is 3.49. The van der Waals surface area contributed by atoms with Crippen molar-refractivity contribution in [3.63, 3.8) is 0 Å². The molecule has 0 bridgehead atoms. The van der Waals surface area contributed by atoms with Crippen LogP contribution in [0.5, 0.6) is 0 Å². The van der Waals surface area contributed by atoms with Gasteiger partial charge in [0.1, 0.15) is 5.54 Å². The monoisotopic (exact) mass is 298 g/mol. The van der Waals surface area contributed by atoms with Crippen LogP contribution in [0.1, 0.15) is 60.3 Å². The SMILES string of the molecule is COC(=O)C(C)(CCCN1CCCC(C)(C)C1)NC(C)C. The summed E-state index contributed by atoms with van der Waals surface area (Å²) in [5.41, 5.74) is -0.145. The minimum absolute atomic E-state index is 0.157. The predicted molar refractivity (Wildman–Crippen MR) is 87.4 cm³/mol. The van der Waals surface area contributed by atoms with Gasteiger partial charge in [0.15, 0.2) is 0 Å². The molecular formula is C17H34N2O2. The summed E-state index contributed by atoms with van der Waals surface area (Å²) in [6.45, 7) is 14.2. The fraction of sp³-hybridized carbons (Fsp3) is 0.941. The minimum atomic E-state index is -0.575. The fourth-order valence-corrected chi connectivity index (χ4v) is 3.49. The number of likely N-dealkylation sites (tertiary alicyclic amines) is 1. The van der Waals surface area contributed by atoms with E-state index in [1.807, 2.05) is 6.92 Å². The van der Waals surface area contributed by atoms with Crippen molar-refractivity contribution in [1.82, 2.24) is 10.2 Å². The van der Waals surface area contributed by atoms with Crippen LogP contribution >= 0.6 is 0 Å². The van der Waals surface area contributed by atoms with Crippen LogP contribution in [0, 0.1) is 5.41 Å². The quantitative estimate of drug-likeness (QED) is 0.734. The van der Waals surface area contributed by atoms with Crippen LogP contribution < -0.4 is 5.32 Å². The number of nitrogens with zero attached hydrogens (tertiary/aromatic N) is 1. The highest BCUT2D eigenvalue weighted by molar-refractivity contribution is 5.80. The van der Waals surface area contributed by atoms with Crippen molar-refractivity contribution in [3.8, 4) is 0 Å². The second-order valence-electron chi connectivity index (χ2n) is 7.77. The zero-order valence-electron chi connectivity index (χ0n) is 14.8. The lowest BCUT2D eigenvalue weighted by Gasteiger charge is -2.38. The molecule has 1 saturated heterocycles. The largest absolute Gasteiger partial charge is 0.468 e. The van der Waals surface area contributed by atoms with Crippen molar-refractivity contribution in [2.75, 3.05) is 26.7 Å². The maximum absolute atomic E-state index is 12.1. The Morgan fingerprint density at radius 3 is 2.62 bits per heavy atom. The first-order valence-electron chi connectivity index (χ1n) is 8.27. The van der Waals surface area contributed by atoms with E-state index in [2.05, 4.69) is 37.9 Å². The van der Waals surface area contributed by atoms with Gasteiger partial charge in [0.25, 0.3) is 0 Å². The first-order chi connectivity index (χ1) is 9.68. The molecule has 1 unspecified atom stereocenters. The Hall–Kier alpha value is -0.610. The molecule has 21 heavy (non-hydrogen) atoms. The topological polar surface area (TPSA) is 41.6 Å². The van der Waals surface area contributed by atoms with E-state index in [4.69, 9.17) is 4.74 Å². The van der Waals surface area contributed by atoms with Gasteiger partial charge in [0, 0.05) is 12.6 Å². The van der Waals surface area contributed by atoms with Crippen LogP contribution in [-0.4, -0.2) is 49.2 Å². The molecule has 0 aromatic rings. The number of ether oxygens (including phenoxy) is 1. The summed E-state index contributed by atoms with van der Waals surface area (Å²) in [7, 11) is 1.47. The summed E-state index contributed by atoms with van der Waals surface area (Å²) in [6.07, 6.45) is 4.43. The van der Waals surface area contributed by atoms with Crippen LogP contribution in [-0.2, 0) is 9.53 Å². The smallest absolute Gasteiger partial charge is 0.325 e. The number of hydrogen-bond acceptors (Lipinski definition) is 4. The Morgan fingerprint density at radius 2 is 2.10 bits per heavy atom. The number of rotatable bonds is 7. The summed E-state index contributed by atoms with van der Waals surface area (Å²) >= 11 is 0. The third kappa shape index (κ3) is 5.95. The van der Waals surface area contributed by atoms with Gasteiger partial charge in [-0.2, -0.15) is 0 Å². The molecule has 0 aromatic heterocycles. The zero-order valence-corrected chi connectivity index (χ0v) is 14.8. The van der Waals surface area contributed by atoms with Crippen molar-refractivity contribution in [2.45, 2.75) is 71.9 Å². The van der Waals surface area contributed by atoms with E-state index in [-0.39, 0.29) is 12.0 Å². The Bertz CT molecular complexity index is 342. The summed E-state index contributed by atoms with van der Waals surface area (Å²) < 4.78 is 4.98. The van der Waals surface area contributed by atoms with Gasteiger partial charge in [-0.25, -0.2) is 0 Å². The Balaban J connectivity index is 2.48. The molecule has 0 aromatic carbocycles. The summed E-state index contributed by atoms with van der Waals surface area (Å²) in [5.74, 6) is -0.157. The summed E-state index contributed by atoms with van der Waals surface area (Å²) in [4.78, 5) is 14.6. The predicted octanol–water partition coefficient (Wildman–Crippen LogP) is 2.82. The highest BCUT2D eigenvalue weighted by Crippen LogP contribution is 2.28. The number of methoxy groups -OCH3 is 1. The second-order valence-corrected chi connectivity index (χ2v) is 7.77. The lowest BCUT2D eigenvalue weighted by Crippen LogP contribution is -2.53. The molecule has 0 spiro atoms. The second kappa shape index (κ2) is 7.59. The van der Waals surface area contributed by atoms with Crippen LogP contribution in [0.4, 0.5) is 0 Å². The molecule has 1 N–H and O–H groups in total. The van der Waals surface area contributed by atoms with Crippen LogP contribution in [0.25, 0.3) is 0 Å². The van der Waals surface area contributed by atoms with Crippen molar-refractivity contribution in [1.29, 1.82) is 0 Å². The molecule has 0 amide bonds. The number of carbonyl (C=O) groups excluding carboxylic acids is 1. The molecule has 0 saturated carbocycles. The van der Waals surface area contributed by atoms with E-state index in [1.54, 1.807) is 0 Å². The van der Waals surface area contributed by atoms with Crippen molar-refractivity contribution >= 4 is 5.97 Å². The normalized spacial score (nSPS) is 22.0. The number of hydrogen-bond donors (Lipinski definition) is 1. The van der Waals surface area contributed by atoms with Gasteiger partial charge in [-0.1, -0.05) is 13.8 Å². The summed E-state index contributed by atoms with van der Waals surface area (Å²) in [5, 5.41) is 3.37. The summed E-state index contributed by atoms with van der Waals surface area (Å²) in [6, 6.07) is 0.267. The molecule has 1 aliphatic heterocycles. The van der Waals surface area contributed by atoms with Crippen LogP contribution in [0.15, 0.2) is 0 Å². The number of nitrogens with one attached hydrogen (secondary N) is 1. The molecular weight excluding hydrogens is 264 g/mol. The van der Waals surface area contributed by atoms with Crippen molar-refractivity contribution in [3.05, 3.63) is 0 Å². The molecule has 4 nitrogen and oxygen atoms in total. The zero-order chi connectivity index (χ0) is 16.1. The first-order valence-corrected chi connectivity index (χ1v) is 8.27. The highest BCUT2D eigenvalue weighted by atomic mass is 16.5. The van der Waals surface area contributed by atoms with Crippen molar-refractivity contribution in [2.24, 2.45) is 5.41 Å². The lowest BCUT2D eigenvalue weighted by molar-refractivity contribution is -0.148. The van der Waals surface area contributed by atoms with E-state index < -0.39 is 5.54 Å². The number of esters is 1. The molecule has 1 fully saturated rings. The maximum atomic E-state index is 12.1. The van der Waals surface area contributed by atoms with Gasteiger partial charge in [-0.15, -0.1) is 0 Å². The van der Waals surface area contributed by atoms with Gasteiger partial charge in [0.2, 0.25) is 0 Å². The molecule has 1 atom stereocenters.